The molecule has 42 valence electrons. The minimum absolute atomic E-state index is 0.898. The van der Waals surface area contributed by atoms with E-state index in [2.05, 4.69) is 20.3 Å². The Morgan fingerprint density at radius 2 is 1.57 bits per heavy atom. The Kier molecular flexibility index (Phi) is 1.36. The Balaban J connectivity index is 2.26. The molecule has 2 atom stereocenters. The minimum atomic E-state index is 0.898. The van der Waals surface area contributed by atoms with Gasteiger partial charge in [-0.25, -0.2) is 0 Å². The second-order valence-corrected chi connectivity index (χ2v) is 2.72. The summed E-state index contributed by atoms with van der Waals surface area (Å²) in [6, 6.07) is 0. The van der Waals surface area contributed by atoms with Gasteiger partial charge < -0.3 is 6.42 Å². The van der Waals surface area contributed by atoms with Crippen molar-refractivity contribution >= 4 is 0 Å². The molecule has 0 saturated heterocycles. The summed E-state index contributed by atoms with van der Waals surface area (Å²) >= 11 is 0. The molecule has 1 rings (SSSR count). The quantitative estimate of drug-likeness (QED) is 0.407. The van der Waals surface area contributed by atoms with Crippen LogP contribution in [-0.4, -0.2) is 0 Å². The summed E-state index contributed by atoms with van der Waals surface area (Å²) in [5.41, 5.74) is 0. The van der Waals surface area contributed by atoms with Gasteiger partial charge in [0.05, 0.1) is 0 Å². The standard InChI is InChI=1S/C7H13/c1-6-3-4-7(2)5-6/h5-7H,3-4H2,1-2H3/q-1. The van der Waals surface area contributed by atoms with Gasteiger partial charge in [-0.05, 0) is 0 Å². The van der Waals surface area contributed by atoms with Crippen molar-refractivity contribution in [2.75, 3.05) is 0 Å². The van der Waals surface area contributed by atoms with Crippen molar-refractivity contribution in [1.29, 1.82) is 0 Å². The van der Waals surface area contributed by atoms with E-state index in [-0.39, 0.29) is 0 Å². The number of hydrogen-bond acceptors (Lipinski definition) is 0. The lowest BCUT2D eigenvalue weighted by molar-refractivity contribution is 0.677. The molecule has 0 amide bonds. The maximum Gasteiger partial charge on any atom is -0.0802 e. The van der Waals surface area contributed by atoms with Gasteiger partial charge in [0.15, 0.2) is 0 Å². The molecule has 0 N–H and O–H groups in total. The molecular weight excluding hydrogens is 84.1 g/mol. The summed E-state index contributed by atoms with van der Waals surface area (Å²) in [6.45, 7) is 4.59. The second-order valence-electron chi connectivity index (χ2n) is 2.72. The SMILES string of the molecule is CC1[CH-]C(C)CC1. The summed E-state index contributed by atoms with van der Waals surface area (Å²) in [7, 11) is 0. The van der Waals surface area contributed by atoms with Crippen LogP contribution in [0, 0.1) is 18.3 Å². The van der Waals surface area contributed by atoms with Gasteiger partial charge in [-0.3, -0.25) is 0 Å². The molecule has 0 heteroatoms. The third-order valence-electron chi connectivity index (χ3n) is 1.73. The first-order valence-corrected chi connectivity index (χ1v) is 3.14. The fraction of sp³-hybridized carbons (Fsp3) is 0.857. The Hall–Kier alpha value is 0. The summed E-state index contributed by atoms with van der Waals surface area (Å²) in [5, 5.41) is 0. The normalized spacial score (nSPS) is 42.0. The highest BCUT2D eigenvalue weighted by Crippen LogP contribution is 2.27. The van der Waals surface area contributed by atoms with E-state index in [4.69, 9.17) is 0 Å². The Morgan fingerprint density at radius 1 is 1.14 bits per heavy atom. The monoisotopic (exact) mass is 97.1 g/mol. The van der Waals surface area contributed by atoms with Crippen LogP contribution < -0.4 is 0 Å². The maximum absolute atomic E-state index is 2.44. The van der Waals surface area contributed by atoms with Crippen molar-refractivity contribution in [1.82, 2.24) is 0 Å². The molecule has 1 fully saturated rings. The van der Waals surface area contributed by atoms with Crippen molar-refractivity contribution in [3.8, 4) is 0 Å². The number of hydrogen-bond donors (Lipinski definition) is 0. The fourth-order valence-electron chi connectivity index (χ4n) is 1.28. The molecule has 0 aromatic heterocycles. The largest absolute Gasteiger partial charge is 0.323 e. The van der Waals surface area contributed by atoms with Gasteiger partial charge in [-0.15, -0.1) is 0 Å². The highest BCUT2D eigenvalue weighted by Gasteiger charge is 2.04. The molecule has 0 aromatic rings. The molecule has 0 aliphatic heterocycles. The molecule has 2 unspecified atom stereocenters. The lowest BCUT2D eigenvalue weighted by Gasteiger charge is -2.11. The van der Waals surface area contributed by atoms with Crippen LogP contribution in [0.1, 0.15) is 26.7 Å². The van der Waals surface area contributed by atoms with E-state index in [1.54, 1.807) is 0 Å². The van der Waals surface area contributed by atoms with E-state index < -0.39 is 0 Å². The summed E-state index contributed by atoms with van der Waals surface area (Å²) in [5.74, 6) is 1.80. The van der Waals surface area contributed by atoms with Crippen molar-refractivity contribution in [3.05, 3.63) is 6.42 Å². The third kappa shape index (κ3) is 1.19. The molecular formula is C7H13-. The first-order valence-electron chi connectivity index (χ1n) is 3.14. The van der Waals surface area contributed by atoms with Crippen LogP contribution in [0.15, 0.2) is 0 Å². The maximum atomic E-state index is 2.44. The summed E-state index contributed by atoms with van der Waals surface area (Å²) in [4.78, 5) is 0. The lowest BCUT2D eigenvalue weighted by Crippen LogP contribution is -1.86. The molecule has 1 aliphatic rings. The highest BCUT2D eigenvalue weighted by atomic mass is 14.2. The van der Waals surface area contributed by atoms with Crippen molar-refractivity contribution < 1.29 is 0 Å². The molecule has 0 radical (unpaired) electrons. The molecule has 0 aromatic carbocycles. The van der Waals surface area contributed by atoms with E-state index in [0.29, 0.717) is 0 Å². The summed E-state index contributed by atoms with van der Waals surface area (Å²) in [6.07, 6.45) is 5.28. The third-order valence-corrected chi connectivity index (χ3v) is 1.73. The van der Waals surface area contributed by atoms with Crippen molar-refractivity contribution in [2.24, 2.45) is 11.8 Å². The van der Waals surface area contributed by atoms with Crippen molar-refractivity contribution in [2.45, 2.75) is 26.7 Å². The molecule has 7 heavy (non-hydrogen) atoms. The zero-order chi connectivity index (χ0) is 5.28. The smallest absolute Gasteiger partial charge is 0.0802 e. The highest BCUT2D eigenvalue weighted by molar-refractivity contribution is 4.85. The predicted molar refractivity (Wildman–Crippen MR) is 31.9 cm³/mol. The number of rotatable bonds is 0. The van der Waals surface area contributed by atoms with Crippen LogP contribution in [-0.2, 0) is 0 Å². The van der Waals surface area contributed by atoms with Gasteiger partial charge in [0.25, 0.3) is 0 Å². The van der Waals surface area contributed by atoms with E-state index in [9.17, 15) is 0 Å². The van der Waals surface area contributed by atoms with Crippen LogP contribution in [0.5, 0.6) is 0 Å². The van der Waals surface area contributed by atoms with Gasteiger partial charge in [-0.1, -0.05) is 26.7 Å². The van der Waals surface area contributed by atoms with Gasteiger partial charge >= 0.3 is 0 Å². The van der Waals surface area contributed by atoms with Crippen LogP contribution >= 0.6 is 0 Å². The Morgan fingerprint density at radius 3 is 1.71 bits per heavy atom. The first-order chi connectivity index (χ1) is 3.29. The zero-order valence-corrected chi connectivity index (χ0v) is 5.15. The van der Waals surface area contributed by atoms with Crippen molar-refractivity contribution in [3.63, 3.8) is 0 Å². The molecule has 0 bridgehead atoms. The van der Waals surface area contributed by atoms with E-state index in [1.165, 1.54) is 12.8 Å². The average molecular weight is 97.2 g/mol. The Bertz CT molecular complexity index is 49.1. The molecule has 1 aliphatic carbocycles. The topological polar surface area (TPSA) is 0 Å². The van der Waals surface area contributed by atoms with Crippen LogP contribution in [0.2, 0.25) is 0 Å². The molecule has 0 spiro atoms. The summed E-state index contributed by atoms with van der Waals surface area (Å²) < 4.78 is 0. The molecule has 1 saturated carbocycles. The van der Waals surface area contributed by atoms with Gasteiger partial charge in [0.1, 0.15) is 0 Å². The fourth-order valence-corrected chi connectivity index (χ4v) is 1.28. The average Bonchev–Trinajstić information content (AvgIpc) is 1.87. The zero-order valence-electron chi connectivity index (χ0n) is 5.15. The first kappa shape index (κ1) is 5.14. The predicted octanol–water partition coefficient (Wildman–Crippen LogP) is 2.26. The van der Waals surface area contributed by atoms with Gasteiger partial charge in [0, 0.05) is 0 Å². The van der Waals surface area contributed by atoms with Crippen LogP contribution in [0.3, 0.4) is 0 Å². The van der Waals surface area contributed by atoms with E-state index in [1.807, 2.05) is 0 Å². The van der Waals surface area contributed by atoms with Crippen LogP contribution in [0.4, 0.5) is 0 Å². The van der Waals surface area contributed by atoms with Gasteiger partial charge in [-0.2, -0.15) is 11.8 Å². The second kappa shape index (κ2) is 1.85. The molecule has 0 nitrogen and oxygen atoms in total. The van der Waals surface area contributed by atoms with E-state index >= 15 is 0 Å². The van der Waals surface area contributed by atoms with E-state index in [0.717, 1.165) is 11.8 Å². The molecule has 0 heterocycles. The Labute approximate surface area is 45.9 Å². The van der Waals surface area contributed by atoms with Crippen LogP contribution in [0.25, 0.3) is 0 Å². The lowest BCUT2D eigenvalue weighted by atomic mass is 10.1. The minimum Gasteiger partial charge on any atom is -0.323 e. The van der Waals surface area contributed by atoms with Gasteiger partial charge in [0.2, 0.25) is 0 Å².